The maximum Gasteiger partial charge on any atom is 0.514 e. The summed E-state index contributed by atoms with van der Waals surface area (Å²) in [4.78, 5) is 58.9. The van der Waals surface area contributed by atoms with E-state index in [1.54, 1.807) is 45.1 Å². The zero-order valence-electron chi connectivity index (χ0n) is 44.1. The largest absolute Gasteiger partial charge is 0.514 e. The first-order valence-electron chi connectivity index (χ1n) is 25.8. The molecule has 7 aliphatic rings. The number of benzene rings is 5. The summed E-state index contributed by atoms with van der Waals surface area (Å²) in [5.74, 6) is 0.0147. The maximum atomic E-state index is 15.4. The van der Waals surface area contributed by atoms with Gasteiger partial charge in [0.2, 0.25) is 6.79 Å². The predicted molar refractivity (Wildman–Crippen MR) is 288 cm³/mol. The van der Waals surface area contributed by atoms with Crippen LogP contribution in [-0.2, 0) is 42.2 Å². The lowest BCUT2D eigenvalue weighted by molar-refractivity contribution is -0.155. The summed E-state index contributed by atoms with van der Waals surface area (Å²) in [7, 11) is 2.98. The molecule has 7 atom stereocenters. The summed E-state index contributed by atoms with van der Waals surface area (Å²) in [5.41, 5.74) is 4.38. The molecule has 12 rings (SSSR count). The molecule has 7 aliphatic heterocycles. The van der Waals surface area contributed by atoms with Gasteiger partial charge in [0.25, 0.3) is 0 Å². The smallest absolute Gasteiger partial charge is 0.493 e. The highest BCUT2D eigenvalue weighted by Gasteiger charge is 2.60. The van der Waals surface area contributed by atoms with E-state index in [4.69, 9.17) is 42.6 Å². The number of rotatable bonds is 9. The Morgan fingerprint density at radius 1 is 0.808 bits per heavy atom. The molecule has 0 radical (unpaired) electrons. The molecule has 1 spiro atoms. The maximum absolute atomic E-state index is 15.4. The van der Waals surface area contributed by atoms with Gasteiger partial charge in [0, 0.05) is 58.8 Å². The van der Waals surface area contributed by atoms with E-state index < -0.39 is 70.7 Å². The standard InChI is InChI=1S/C60H58N4O13S/c1-32-24-37-25-39-40(28-61)64-41-29-71-57(67)60(38-27-42(69-6)43(26-36(38)22-23-62-60)74-58(68)77-59(3,4)5)30-78-56(50(64)49(63-39)46(37)55(51(32)70-7)76-45(66)21-19-35-16-12-9-13-17-35)48-47(41)54-53(72-31-73-54)33(2)52(48)75-44(65)20-18-34-14-10-8-11-15-34/h8-21,24,26-27,39-41,49-50,56,62-63H,22-23,25,29-31H2,1-7H3/b20-18+,21-19+/t39-,40-,41-,49+,50?,56+,60+/m0/s1. The van der Waals surface area contributed by atoms with E-state index in [0.717, 1.165) is 22.3 Å². The molecule has 7 heterocycles. The number of piperazine rings is 1. The highest BCUT2D eigenvalue weighted by molar-refractivity contribution is 7.99. The van der Waals surface area contributed by atoms with Crippen molar-refractivity contribution in [2.75, 3.05) is 39.9 Å². The predicted octanol–water partition coefficient (Wildman–Crippen LogP) is 8.86. The molecule has 2 saturated heterocycles. The molecule has 0 amide bonds. The van der Waals surface area contributed by atoms with Crippen LogP contribution in [0.2, 0.25) is 0 Å². The Morgan fingerprint density at radius 2 is 1.49 bits per heavy atom. The first-order chi connectivity index (χ1) is 37.6. The van der Waals surface area contributed by atoms with Gasteiger partial charge in [-0.05, 0) is 105 Å². The number of nitrogens with one attached hydrogen (secondary N) is 2. The number of nitriles is 1. The third kappa shape index (κ3) is 9.37. The fourth-order valence-corrected chi connectivity index (χ4v) is 13.6. The van der Waals surface area contributed by atoms with Crippen molar-refractivity contribution < 1.29 is 61.8 Å². The number of esters is 3. The summed E-state index contributed by atoms with van der Waals surface area (Å²) >= 11 is 1.41. The van der Waals surface area contributed by atoms with Gasteiger partial charge in [0.1, 0.15) is 24.0 Å². The second-order valence-corrected chi connectivity index (χ2v) is 22.1. The van der Waals surface area contributed by atoms with Crippen LogP contribution in [0, 0.1) is 25.2 Å². The van der Waals surface area contributed by atoms with Crippen molar-refractivity contribution in [2.45, 2.75) is 94.1 Å². The molecule has 18 heteroatoms. The minimum Gasteiger partial charge on any atom is -0.493 e. The van der Waals surface area contributed by atoms with Crippen LogP contribution in [0.25, 0.3) is 12.2 Å². The summed E-state index contributed by atoms with van der Waals surface area (Å²) in [6.07, 6.45) is 6.00. The van der Waals surface area contributed by atoms with Crippen molar-refractivity contribution >= 4 is 48.0 Å². The molecule has 0 saturated carbocycles. The highest BCUT2D eigenvalue weighted by Crippen LogP contribution is 2.63. The number of carbonyl (C=O) groups is 4. The Balaban J connectivity index is 1.10. The molecule has 0 aromatic heterocycles. The molecule has 2 fully saturated rings. The number of fused-ring (bicyclic) bond motifs is 9. The third-order valence-electron chi connectivity index (χ3n) is 15.1. The van der Waals surface area contributed by atoms with Crippen LogP contribution in [0.3, 0.4) is 0 Å². The number of ether oxygens (including phenoxy) is 9. The second kappa shape index (κ2) is 20.9. The number of nitrogens with zero attached hydrogens (tertiary/aromatic N) is 2. The van der Waals surface area contributed by atoms with Crippen molar-refractivity contribution in [1.82, 2.24) is 15.5 Å². The van der Waals surface area contributed by atoms with Crippen molar-refractivity contribution in [3.63, 3.8) is 0 Å². The number of carbonyl (C=O) groups excluding carboxylic acids is 4. The third-order valence-corrected chi connectivity index (χ3v) is 16.5. The van der Waals surface area contributed by atoms with Crippen LogP contribution >= 0.6 is 11.8 Å². The van der Waals surface area contributed by atoms with Crippen LogP contribution in [0.5, 0.6) is 40.2 Å². The van der Waals surface area contributed by atoms with Gasteiger partial charge in [0.15, 0.2) is 40.0 Å². The van der Waals surface area contributed by atoms with Crippen molar-refractivity contribution in [2.24, 2.45) is 0 Å². The molecule has 1 unspecified atom stereocenters. The van der Waals surface area contributed by atoms with Crippen LogP contribution in [0.1, 0.15) is 93.7 Å². The lowest BCUT2D eigenvalue weighted by Crippen LogP contribution is -2.69. The van der Waals surface area contributed by atoms with Gasteiger partial charge in [-0.1, -0.05) is 66.7 Å². The van der Waals surface area contributed by atoms with E-state index in [2.05, 4.69) is 21.6 Å². The van der Waals surface area contributed by atoms with Gasteiger partial charge in [0.05, 0.1) is 37.6 Å². The minimum absolute atomic E-state index is 0.0196. The van der Waals surface area contributed by atoms with Crippen LogP contribution in [0.4, 0.5) is 4.79 Å². The first-order valence-corrected chi connectivity index (χ1v) is 26.8. The van der Waals surface area contributed by atoms with Crippen molar-refractivity contribution in [3.8, 4) is 46.3 Å². The van der Waals surface area contributed by atoms with E-state index in [1.165, 1.54) is 38.1 Å². The van der Waals surface area contributed by atoms with Crippen LogP contribution < -0.4 is 43.8 Å². The molecule has 78 heavy (non-hydrogen) atoms. The van der Waals surface area contributed by atoms with E-state index >= 15 is 4.79 Å². The van der Waals surface area contributed by atoms with Gasteiger partial charge >= 0.3 is 24.1 Å². The minimum atomic E-state index is -1.53. The topological polar surface area (TPSA) is 202 Å². The van der Waals surface area contributed by atoms with Gasteiger partial charge in [-0.2, -0.15) is 5.26 Å². The summed E-state index contributed by atoms with van der Waals surface area (Å²) in [6.45, 7) is 8.81. The Bertz CT molecular complexity index is 3350. The number of thioether (sulfide) groups is 1. The lowest BCUT2D eigenvalue weighted by Gasteiger charge is -2.59. The van der Waals surface area contributed by atoms with Crippen LogP contribution in [-0.4, -0.2) is 92.6 Å². The monoisotopic (exact) mass is 1070 g/mol. The first kappa shape index (κ1) is 52.2. The Kier molecular flexibility index (Phi) is 14.0. The molecule has 4 bridgehead atoms. The van der Waals surface area contributed by atoms with Gasteiger partial charge < -0.3 is 47.9 Å². The zero-order chi connectivity index (χ0) is 54.6. The summed E-state index contributed by atoms with van der Waals surface area (Å²) in [5, 5.41) is 18.1. The molecule has 17 nitrogen and oxygen atoms in total. The molecule has 402 valence electrons. The van der Waals surface area contributed by atoms with Crippen LogP contribution in [0.15, 0.2) is 91.0 Å². The Morgan fingerprint density at radius 3 is 2.14 bits per heavy atom. The molecule has 5 aromatic carbocycles. The molecular formula is C60H58N4O13S. The average Bonchev–Trinajstić information content (AvgIpc) is 4.02. The molecule has 0 aliphatic carbocycles. The number of methoxy groups -OCH3 is 2. The quantitative estimate of drug-likeness (QED) is 0.0613. The van der Waals surface area contributed by atoms with Crippen molar-refractivity contribution in [1.29, 1.82) is 5.26 Å². The average molecular weight is 1080 g/mol. The Labute approximate surface area is 455 Å². The Hall–Kier alpha value is -7.82. The fraction of sp³-hybridized carbons (Fsp3) is 0.350. The SMILES string of the molecule is COc1cc2c(cc1OC(=O)OC(C)(C)C)CCN[C@]21CS[C@@H]2c3c(OC(=O)/C=C/c4ccccc4)c(C)c4c(c3[C@H](COC1=O)N1C2[C@@H]2N[C@@H](Cc3cc(C)c(OC)c(OC(=O)/C=C/c5ccccc5)c32)[C@@H]1C#N)OCO4. The van der Waals surface area contributed by atoms with E-state index in [9.17, 15) is 19.6 Å². The van der Waals surface area contributed by atoms with E-state index in [-0.39, 0.29) is 42.2 Å². The molecule has 5 aromatic rings. The van der Waals surface area contributed by atoms with E-state index in [0.29, 0.717) is 70.0 Å². The number of aryl methyl sites for hydroxylation is 1. The number of hydrogen-bond acceptors (Lipinski definition) is 18. The highest BCUT2D eigenvalue weighted by atomic mass is 32.2. The van der Waals surface area contributed by atoms with Crippen molar-refractivity contribution in [3.05, 3.63) is 147 Å². The van der Waals surface area contributed by atoms with Gasteiger partial charge in [-0.3, -0.25) is 10.2 Å². The molecule has 2 N–H and O–H groups in total. The summed E-state index contributed by atoms with van der Waals surface area (Å²) < 4.78 is 55.4. The second-order valence-electron chi connectivity index (χ2n) is 20.9. The zero-order valence-corrected chi connectivity index (χ0v) is 44.9. The van der Waals surface area contributed by atoms with Gasteiger partial charge in [-0.15, -0.1) is 11.8 Å². The summed E-state index contributed by atoms with van der Waals surface area (Å²) in [6, 6.07) is 23.3. The normalized spacial score (nSPS) is 23.7. The lowest BCUT2D eigenvalue weighted by atomic mass is 9.72. The fourth-order valence-electron chi connectivity index (χ4n) is 11.9. The molecular weight excluding hydrogens is 1020 g/mol. The van der Waals surface area contributed by atoms with Gasteiger partial charge in [-0.25, -0.2) is 19.2 Å². The van der Waals surface area contributed by atoms with E-state index in [1.807, 2.05) is 80.6 Å². The number of hydrogen-bond donors (Lipinski definition) is 2.